The summed E-state index contributed by atoms with van der Waals surface area (Å²) in [5.41, 5.74) is 8.01. The fourth-order valence-electron chi connectivity index (χ4n) is 4.04. The van der Waals surface area contributed by atoms with Crippen LogP contribution in [0.25, 0.3) is 21.8 Å². The number of carbonyl (C=O) groups is 1. The molecule has 1 heterocycles. The van der Waals surface area contributed by atoms with Gasteiger partial charge in [0, 0.05) is 35.3 Å². The van der Waals surface area contributed by atoms with Gasteiger partial charge in [-0.25, -0.2) is 4.79 Å². The van der Waals surface area contributed by atoms with Gasteiger partial charge < -0.3 is 9.40 Å². The Kier molecular flexibility index (Phi) is 5.40. The summed E-state index contributed by atoms with van der Waals surface area (Å²) >= 11 is 0. The van der Waals surface area contributed by atoms with Gasteiger partial charge in [-0.2, -0.15) is 0 Å². The van der Waals surface area contributed by atoms with Crippen LogP contribution >= 0.6 is 0 Å². The van der Waals surface area contributed by atoms with Crippen molar-refractivity contribution in [1.82, 2.24) is 4.57 Å². The molecule has 0 unspecified atom stereocenters. The number of hydrogen-bond donors (Lipinski definition) is 0. The van der Waals surface area contributed by atoms with Crippen LogP contribution in [0.3, 0.4) is 0 Å². The van der Waals surface area contributed by atoms with Gasteiger partial charge in [0.05, 0.1) is 5.71 Å². The van der Waals surface area contributed by atoms with Crippen LogP contribution in [-0.4, -0.2) is 16.2 Å². The Hall–Kier alpha value is -3.40. The van der Waals surface area contributed by atoms with Crippen molar-refractivity contribution < 1.29 is 9.63 Å². The summed E-state index contributed by atoms with van der Waals surface area (Å²) < 4.78 is 2.34. The van der Waals surface area contributed by atoms with E-state index in [2.05, 4.69) is 78.2 Å². The molecule has 0 saturated heterocycles. The Morgan fingerprint density at radius 1 is 0.967 bits per heavy atom. The molecule has 152 valence electrons. The lowest BCUT2D eigenvalue weighted by Crippen LogP contribution is -1.99. The molecule has 4 rings (SSSR count). The van der Waals surface area contributed by atoms with Crippen molar-refractivity contribution in [2.45, 2.75) is 40.7 Å². The highest BCUT2D eigenvalue weighted by Gasteiger charge is 2.12. The molecule has 1 aromatic heterocycles. The largest absolute Gasteiger partial charge is 0.341 e. The summed E-state index contributed by atoms with van der Waals surface area (Å²) in [7, 11) is 0. The van der Waals surface area contributed by atoms with Crippen molar-refractivity contribution in [2.24, 2.45) is 5.16 Å². The van der Waals surface area contributed by atoms with E-state index in [1.165, 1.54) is 45.4 Å². The van der Waals surface area contributed by atoms with Crippen molar-refractivity contribution in [3.63, 3.8) is 0 Å². The molecule has 0 atom stereocenters. The number of hydrogen-bond acceptors (Lipinski definition) is 3. The second kappa shape index (κ2) is 8.15. The molecule has 4 heteroatoms. The van der Waals surface area contributed by atoms with Crippen LogP contribution in [0.5, 0.6) is 0 Å². The molecule has 0 aliphatic heterocycles. The zero-order valence-corrected chi connectivity index (χ0v) is 17.9. The molecule has 0 aliphatic rings. The molecule has 4 nitrogen and oxygen atoms in total. The van der Waals surface area contributed by atoms with Crippen LogP contribution in [0, 0.1) is 6.92 Å². The number of benzene rings is 3. The smallest absolute Gasteiger partial charge is 0.331 e. The zero-order valence-electron chi connectivity index (χ0n) is 17.9. The highest BCUT2D eigenvalue weighted by Crippen LogP contribution is 2.31. The first-order valence-corrected chi connectivity index (χ1v) is 10.3. The van der Waals surface area contributed by atoms with E-state index in [0.717, 1.165) is 18.5 Å². The topological polar surface area (TPSA) is 43.6 Å². The average molecular weight is 399 g/mol. The third-order valence-electron chi connectivity index (χ3n) is 5.63. The Bertz CT molecular complexity index is 1280. The lowest BCUT2D eigenvalue weighted by atomic mass is 9.99. The monoisotopic (exact) mass is 398 g/mol. The molecule has 3 aromatic carbocycles. The van der Waals surface area contributed by atoms with Gasteiger partial charge in [-0.1, -0.05) is 41.6 Å². The normalized spacial score (nSPS) is 11.9. The first-order chi connectivity index (χ1) is 14.5. The van der Waals surface area contributed by atoms with E-state index in [4.69, 9.17) is 4.84 Å². The lowest BCUT2D eigenvalue weighted by Gasteiger charge is -2.07. The van der Waals surface area contributed by atoms with Crippen LogP contribution in [0.15, 0.2) is 65.8 Å². The van der Waals surface area contributed by atoms with Crippen LogP contribution in [-0.2, 0) is 22.6 Å². The average Bonchev–Trinajstić information content (AvgIpc) is 3.06. The minimum Gasteiger partial charge on any atom is -0.341 e. The summed E-state index contributed by atoms with van der Waals surface area (Å²) in [5, 5.41) is 6.38. The van der Waals surface area contributed by atoms with E-state index in [9.17, 15) is 4.79 Å². The Labute approximate surface area is 176 Å². The van der Waals surface area contributed by atoms with Crippen LogP contribution in [0.1, 0.15) is 43.0 Å². The second-order valence-electron chi connectivity index (χ2n) is 7.69. The van der Waals surface area contributed by atoms with Crippen LogP contribution < -0.4 is 0 Å². The standard InChI is InChI=1S/C26H26N2O2/c1-5-28-25-12-10-20(14-21-9-7-6-8-17(21)2)15-23(25)24-16-22(11-13-26(24)28)18(3)27-30-19(4)29/h6-13,15-16H,5,14H2,1-4H3/b27-18+. The maximum atomic E-state index is 11.1. The molecule has 0 N–H and O–H groups in total. The van der Waals surface area contributed by atoms with Gasteiger partial charge in [0.25, 0.3) is 0 Å². The number of oxime groups is 1. The Morgan fingerprint density at radius 2 is 1.67 bits per heavy atom. The molecule has 0 amide bonds. The highest BCUT2D eigenvalue weighted by molar-refractivity contribution is 6.11. The van der Waals surface area contributed by atoms with Gasteiger partial charge in [0.1, 0.15) is 0 Å². The summed E-state index contributed by atoms with van der Waals surface area (Å²) in [4.78, 5) is 15.9. The molecule has 0 saturated carbocycles. The van der Waals surface area contributed by atoms with E-state index in [0.29, 0.717) is 5.71 Å². The van der Waals surface area contributed by atoms with E-state index in [1.807, 2.05) is 13.0 Å². The Balaban J connectivity index is 1.83. The second-order valence-corrected chi connectivity index (χ2v) is 7.69. The van der Waals surface area contributed by atoms with Crippen molar-refractivity contribution in [3.05, 3.63) is 82.9 Å². The third kappa shape index (κ3) is 3.73. The zero-order chi connectivity index (χ0) is 21.3. The van der Waals surface area contributed by atoms with E-state index < -0.39 is 5.97 Å². The van der Waals surface area contributed by atoms with Gasteiger partial charge in [0.15, 0.2) is 0 Å². The fourth-order valence-corrected chi connectivity index (χ4v) is 4.04. The molecule has 0 aliphatic carbocycles. The third-order valence-corrected chi connectivity index (χ3v) is 5.63. The molecule has 4 aromatic rings. The maximum Gasteiger partial charge on any atom is 0.331 e. The van der Waals surface area contributed by atoms with Crippen molar-refractivity contribution in [3.8, 4) is 0 Å². The molecule has 0 bridgehead atoms. The first kappa shape index (κ1) is 19.9. The minimum absolute atomic E-state index is 0.418. The van der Waals surface area contributed by atoms with Gasteiger partial charge >= 0.3 is 5.97 Å². The van der Waals surface area contributed by atoms with E-state index >= 15 is 0 Å². The van der Waals surface area contributed by atoms with Gasteiger partial charge in [-0.05, 0) is 73.7 Å². The lowest BCUT2D eigenvalue weighted by molar-refractivity contribution is -0.140. The maximum absolute atomic E-state index is 11.1. The quantitative estimate of drug-likeness (QED) is 0.235. The molecular weight excluding hydrogens is 372 g/mol. The number of aromatic nitrogens is 1. The summed E-state index contributed by atoms with van der Waals surface area (Å²) in [6, 6.07) is 21.6. The molecule has 0 radical (unpaired) electrons. The predicted octanol–water partition coefficient (Wildman–Crippen LogP) is 6.00. The molecule has 30 heavy (non-hydrogen) atoms. The van der Waals surface area contributed by atoms with Gasteiger partial charge in [-0.15, -0.1) is 0 Å². The summed E-state index contributed by atoms with van der Waals surface area (Å²) in [6.45, 7) is 8.43. The number of rotatable bonds is 5. The first-order valence-electron chi connectivity index (χ1n) is 10.3. The summed E-state index contributed by atoms with van der Waals surface area (Å²) in [6.07, 6.45) is 0.911. The SMILES string of the molecule is CCn1c2ccc(Cc3ccccc3C)cc2c2cc(/C(C)=N/OC(C)=O)ccc21. The molecule has 0 spiro atoms. The number of aryl methyl sites for hydroxylation is 2. The van der Waals surface area contributed by atoms with Gasteiger partial charge in [-0.3, -0.25) is 0 Å². The number of fused-ring (bicyclic) bond motifs is 3. The van der Waals surface area contributed by atoms with E-state index in [1.54, 1.807) is 0 Å². The Morgan fingerprint density at radius 3 is 2.37 bits per heavy atom. The predicted molar refractivity (Wildman–Crippen MR) is 123 cm³/mol. The van der Waals surface area contributed by atoms with E-state index in [-0.39, 0.29) is 0 Å². The summed E-state index contributed by atoms with van der Waals surface area (Å²) in [5.74, 6) is -0.418. The van der Waals surface area contributed by atoms with Crippen molar-refractivity contribution in [1.29, 1.82) is 0 Å². The van der Waals surface area contributed by atoms with Gasteiger partial charge in [0.2, 0.25) is 0 Å². The highest BCUT2D eigenvalue weighted by atomic mass is 16.7. The molecular formula is C26H26N2O2. The number of nitrogens with zero attached hydrogens (tertiary/aromatic N) is 2. The van der Waals surface area contributed by atoms with Crippen LogP contribution in [0.4, 0.5) is 0 Å². The van der Waals surface area contributed by atoms with Crippen LogP contribution in [0.2, 0.25) is 0 Å². The number of carbonyl (C=O) groups excluding carboxylic acids is 1. The minimum atomic E-state index is -0.418. The fraction of sp³-hybridized carbons (Fsp3) is 0.231. The van der Waals surface area contributed by atoms with Crippen molar-refractivity contribution >= 4 is 33.5 Å². The molecule has 0 fully saturated rings. The van der Waals surface area contributed by atoms with Crippen molar-refractivity contribution in [2.75, 3.05) is 0 Å².